The molecule has 3 nitrogen and oxygen atoms in total. The van der Waals surface area contributed by atoms with Crippen LogP contribution in [0.2, 0.25) is 0 Å². The van der Waals surface area contributed by atoms with Crippen LogP contribution in [0.15, 0.2) is 48.2 Å². The van der Waals surface area contributed by atoms with Crippen LogP contribution in [-0.4, -0.2) is 12.4 Å². The lowest BCUT2D eigenvalue weighted by molar-refractivity contribution is 0.101. The maximum Gasteiger partial charge on any atom is 0.231 e. The molecule has 0 fully saturated rings. The van der Waals surface area contributed by atoms with Crippen molar-refractivity contribution < 1.29 is 14.3 Å². The molecule has 1 aliphatic heterocycles. The quantitative estimate of drug-likeness (QED) is 0.790. The number of ether oxygens (including phenoxy) is 2. The van der Waals surface area contributed by atoms with Crippen LogP contribution in [-0.2, 0) is 6.42 Å². The SMILES string of the molecule is CCOc1ccc2c(c1)O/C(=C\c1ccc(CC)cc1)C2=O. The number of ketones is 1. The smallest absolute Gasteiger partial charge is 0.231 e. The molecule has 0 unspecified atom stereocenters. The van der Waals surface area contributed by atoms with Crippen LogP contribution in [0.5, 0.6) is 11.5 Å². The van der Waals surface area contributed by atoms with E-state index in [2.05, 4.69) is 19.1 Å². The summed E-state index contributed by atoms with van der Waals surface area (Å²) < 4.78 is 11.1. The summed E-state index contributed by atoms with van der Waals surface area (Å²) in [5.74, 6) is 1.54. The van der Waals surface area contributed by atoms with Gasteiger partial charge < -0.3 is 9.47 Å². The molecule has 2 aromatic carbocycles. The zero-order chi connectivity index (χ0) is 15.5. The Kier molecular flexibility index (Phi) is 3.96. The topological polar surface area (TPSA) is 35.5 Å². The molecule has 0 N–H and O–H groups in total. The predicted octanol–water partition coefficient (Wildman–Crippen LogP) is 4.26. The predicted molar refractivity (Wildman–Crippen MR) is 86.4 cm³/mol. The van der Waals surface area contributed by atoms with Crippen molar-refractivity contribution in [2.45, 2.75) is 20.3 Å². The van der Waals surface area contributed by atoms with Crippen molar-refractivity contribution in [2.24, 2.45) is 0 Å². The van der Waals surface area contributed by atoms with E-state index in [-0.39, 0.29) is 5.78 Å². The number of allylic oxidation sites excluding steroid dienone is 1. The number of fused-ring (bicyclic) bond motifs is 1. The number of Topliss-reactive ketones (excluding diaryl/α,β-unsaturated/α-hetero) is 1. The third kappa shape index (κ3) is 2.75. The summed E-state index contributed by atoms with van der Waals surface area (Å²) in [5, 5.41) is 0. The van der Waals surface area contributed by atoms with Crippen molar-refractivity contribution >= 4 is 11.9 Å². The second-order valence-corrected chi connectivity index (χ2v) is 5.13. The molecule has 2 aromatic rings. The van der Waals surface area contributed by atoms with Gasteiger partial charge in [0.05, 0.1) is 12.2 Å². The standard InChI is InChI=1S/C19H18O3/c1-3-13-5-7-14(8-6-13)11-18-19(20)16-10-9-15(21-4-2)12-17(16)22-18/h5-12H,3-4H2,1-2H3/b18-11-. The van der Waals surface area contributed by atoms with Gasteiger partial charge in [-0.25, -0.2) is 0 Å². The minimum Gasteiger partial charge on any atom is -0.494 e. The van der Waals surface area contributed by atoms with Crippen molar-refractivity contribution in [3.63, 3.8) is 0 Å². The normalized spacial score (nSPS) is 14.8. The van der Waals surface area contributed by atoms with Gasteiger partial charge in [0.2, 0.25) is 5.78 Å². The average molecular weight is 294 g/mol. The van der Waals surface area contributed by atoms with Crippen molar-refractivity contribution in [3.8, 4) is 11.5 Å². The van der Waals surface area contributed by atoms with Gasteiger partial charge in [0.25, 0.3) is 0 Å². The van der Waals surface area contributed by atoms with Gasteiger partial charge in [0.1, 0.15) is 11.5 Å². The summed E-state index contributed by atoms with van der Waals surface area (Å²) in [6.07, 6.45) is 2.78. The number of aryl methyl sites for hydroxylation is 1. The second kappa shape index (κ2) is 6.06. The molecule has 3 rings (SSSR count). The van der Waals surface area contributed by atoms with Crippen molar-refractivity contribution in [3.05, 3.63) is 64.9 Å². The molecule has 0 saturated carbocycles. The molecule has 1 aliphatic rings. The molecule has 1 heterocycles. The van der Waals surface area contributed by atoms with E-state index in [0.717, 1.165) is 12.0 Å². The molecule has 0 radical (unpaired) electrons. The van der Waals surface area contributed by atoms with E-state index >= 15 is 0 Å². The Balaban J connectivity index is 1.87. The summed E-state index contributed by atoms with van der Waals surface area (Å²) in [4.78, 5) is 12.4. The minimum atomic E-state index is -0.0855. The molecule has 0 bridgehead atoms. The third-order valence-corrected chi connectivity index (χ3v) is 3.64. The van der Waals surface area contributed by atoms with E-state index < -0.39 is 0 Å². The van der Waals surface area contributed by atoms with Crippen LogP contribution in [0.25, 0.3) is 6.08 Å². The van der Waals surface area contributed by atoms with Gasteiger partial charge in [0, 0.05) is 6.07 Å². The lowest BCUT2D eigenvalue weighted by atomic mass is 10.1. The van der Waals surface area contributed by atoms with E-state index in [9.17, 15) is 4.79 Å². The summed E-state index contributed by atoms with van der Waals surface area (Å²) in [6.45, 7) is 4.62. The number of hydrogen-bond acceptors (Lipinski definition) is 3. The van der Waals surface area contributed by atoms with Gasteiger partial charge >= 0.3 is 0 Å². The van der Waals surface area contributed by atoms with Gasteiger partial charge in [-0.3, -0.25) is 4.79 Å². The molecule has 0 spiro atoms. The largest absolute Gasteiger partial charge is 0.494 e. The molecule has 0 amide bonds. The fourth-order valence-electron chi connectivity index (χ4n) is 2.42. The van der Waals surface area contributed by atoms with E-state index in [1.165, 1.54) is 5.56 Å². The Morgan fingerprint density at radius 3 is 2.55 bits per heavy atom. The van der Waals surface area contributed by atoms with Crippen LogP contribution >= 0.6 is 0 Å². The molecule has 3 heteroatoms. The van der Waals surface area contributed by atoms with Crippen LogP contribution < -0.4 is 9.47 Å². The van der Waals surface area contributed by atoms with Crippen LogP contribution in [0.1, 0.15) is 35.3 Å². The zero-order valence-corrected chi connectivity index (χ0v) is 12.8. The Morgan fingerprint density at radius 2 is 1.86 bits per heavy atom. The van der Waals surface area contributed by atoms with Crippen LogP contribution in [0.4, 0.5) is 0 Å². The summed E-state index contributed by atoms with van der Waals surface area (Å²) in [7, 11) is 0. The Labute approximate surface area is 130 Å². The minimum absolute atomic E-state index is 0.0855. The van der Waals surface area contributed by atoms with Crippen LogP contribution in [0.3, 0.4) is 0 Å². The third-order valence-electron chi connectivity index (χ3n) is 3.64. The molecular formula is C19H18O3. The Morgan fingerprint density at radius 1 is 1.09 bits per heavy atom. The lowest BCUT2D eigenvalue weighted by Crippen LogP contribution is -1.98. The number of carbonyl (C=O) groups is 1. The van der Waals surface area contributed by atoms with E-state index in [0.29, 0.717) is 29.4 Å². The van der Waals surface area contributed by atoms with Gasteiger partial charge in [-0.1, -0.05) is 31.2 Å². The Bertz CT molecular complexity index is 727. The molecule has 0 aromatic heterocycles. The average Bonchev–Trinajstić information content (AvgIpc) is 2.84. The summed E-state index contributed by atoms with van der Waals surface area (Å²) in [5.41, 5.74) is 2.81. The number of carbonyl (C=O) groups excluding carboxylic acids is 1. The van der Waals surface area contributed by atoms with Crippen molar-refractivity contribution in [1.82, 2.24) is 0 Å². The molecule has 112 valence electrons. The lowest BCUT2D eigenvalue weighted by Gasteiger charge is -2.04. The fourth-order valence-corrected chi connectivity index (χ4v) is 2.42. The number of rotatable bonds is 4. The van der Waals surface area contributed by atoms with E-state index in [1.807, 2.05) is 19.1 Å². The van der Waals surface area contributed by atoms with Gasteiger partial charge in [-0.2, -0.15) is 0 Å². The maximum absolute atomic E-state index is 12.4. The first kappa shape index (κ1) is 14.4. The second-order valence-electron chi connectivity index (χ2n) is 5.13. The first-order valence-corrected chi connectivity index (χ1v) is 7.51. The molecule has 0 atom stereocenters. The molecule has 22 heavy (non-hydrogen) atoms. The fraction of sp³-hybridized carbons (Fsp3) is 0.211. The Hall–Kier alpha value is -2.55. The van der Waals surface area contributed by atoms with Gasteiger partial charge in [0.15, 0.2) is 5.76 Å². The first-order valence-electron chi connectivity index (χ1n) is 7.51. The van der Waals surface area contributed by atoms with Crippen LogP contribution in [0, 0.1) is 0 Å². The highest BCUT2D eigenvalue weighted by atomic mass is 16.5. The molecule has 0 aliphatic carbocycles. The number of benzene rings is 2. The zero-order valence-electron chi connectivity index (χ0n) is 12.8. The summed E-state index contributed by atoms with van der Waals surface area (Å²) >= 11 is 0. The van der Waals surface area contributed by atoms with Crippen molar-refractivity contribution in [2.75, 3.05) is 6.61 Å². The highest BCUT2D eigenvalue weighted by Gasteiger charge is 2.27. The van der Waals surface area contributed by atoms with Gasteiger partial charge in [-0.15, -0.1) is 0 Å². The highest BCUT2D eigenvalue weighted by Crippen LogP contribution is 2.34. The van der Waals surface area contributed by atoms with E-state index in [1.54, 1.807) is 24.3 Å². The monoisotopic (exact) mass is 294 g/mol. The number of hydrogen-bond donors (Lipinski definition) is 0. The van der Waals surface area contributed by atoms with Gasteiger partial charge in [-0.05, 0) is 42.7 Å². The first-order chi connectivity index (χ1) is 10.7. The molecular weight excluding hydrogens is 276 g/mol. The summed E-state index contributed by atoms with van der Waals surface area (Å²) in [6, 6.07) is 13.4. The molecule has 0 saturated heterocycles. The highest BCUT2D eigenvalue weighted by molar-refractivity contribution is 6.14. The maximum atomic E-state index is 12.4. The van der Waals surface area contributed by atoms with E-state index in [4.69, 9.17) is 9.47 Å². The van der Waals surface area contributed by atoms with Crippen molar-refractivity contribution in [1.29, 1.82) is 0 Å².